The number of aliphatic imine (C=N–C) groups is 1. The highest BCUT2D eigenvalue weighted by Crippen LogP contribution is 2.30. The Hall–Kier alpha value is -1.90. The summed E-state index contributed by atoms with van der Waals surface area (Å²) in [5.41, 5.74) is 1.00. The molecule has 2 aliphatic heterocycles. The molecule has 0 fully saturated rings. The first kappa shape index (κ1) is 7.50. The molecule has 2 heterocycles. The number of amidine groups is 1. The summed E-state index contributed by atoms with van der Waals surface area (Å²) in [6, 6.07) is 0. The molecule has 0 radical (unpaired) electrons. The standard InChI is InChI=1S/C11H8N2O/c14-11-8-4-3-5-9(8)13-7-2-1-6-10(13)12-11/h1-8H. The zero-order chi connectivity index (χ0) is 9.54. The molecular formula is C11H8N2O. The maximum atomic E-state index is 11.6. The fraction of sp³-hybridized carbons (Fsp3) is 0.0909. The molecule has 14 heavy (non-hydrogen) atoms. The predicted molar refractivity (Wildman–Crippen MR) is 53.3 cm³/mol. The van der Waals surface area contributed by atoms with Gasteiger partial charge >= 0.3 is 0 Å². The van der Waals surface area contributed by atoms with E-state index in [-0.39, 0.29) is 11.8 Å². The van der Waals surface area contributed by atoms with Crippen LogP contribution >= 0.6 is 0 Å². The van der Waals surface area contributed by atoms with Crippen molar-refractivity contribution in [2.24, 2.45) is 10.9 Å². The second kappa shape index (κ2) is 2.54. The van der Waals surface area contributed by atoms with E-state index < -0.39 is 0 Å². The van der Waals surface area contributed by atoms with Gasteiger partial charge in [0.05, 0.1) is 5.92 Å². The average molecular weight is 184 g/mol. The van der Waals surface area contributed by atoms with Gasteiger partial charge in [-0.05, 0) is 18.2 Å². The Balaban J connectivity index is 2.14. The third kappa shape index (κ3) is 0.865. The van der Waals surface area contributed by atoms with E-state index in [1.807, 2.05) is 47.6 Å². The SMILES string of the molecule is O=C1N=C2C=CC=CN2C2=CC=CC12. The van der Waals surface area contributed by atoms with Gasteiger partial charge in [0.25, 0.3) is 5.91 Å². The highest BCUT2D eigenvalue weighted by atomic mass is 16.1. The van der Waals surface area contributed by atoms with Crippen LogP contribution in [0.25, 0.3) is 0 Å². The molecule has 1 unspecified atom stereocenters. The molecule has 3 nitrogen and oxygen atoms in total. The topological polar surface area (TPSA) is 32.7 Å². The van der Waals surface area contributed by atoms with E-state index in [4.69, 9.17) is 0 Å². The van der Waals surface area contributed by atoms with Gasteiger partial charge in [-0.25, -0.2) is 0 Å². The Labute approximate surface area is 81.4 Å². The van der Waals surface area contributed by atoms with Crippen LogP contribution in [0.3, 0.4) is 0 Å². The van der Waals surface area contributed by atoms with E-state index in [0.29, 0.717) is 5.84 Å². The van der Waals surface area contributed by atoms with Gasteiger partial charge in [-0.2, -0.15) is 4.99 Å². The molecule has 0 saturated carbocycles. The summed E-state index contributed by atoms with van der Waals surface area (Å²) in [7, 11) is 0. The summed E-state index contributed by atoms with van der Waals surface area (Å²) in [6.07, 6.45) is 13.3. The largest absolute Gasteiger partial charge is 0.304 e. The Morgan fingerprint density at radius 3 is 3.14 bits per heavy atom. The van der Waals surface area contributed by atoms with Crippen molar-refractivity contribution in [3.8, 4) is 0 Å². The molecule has 0 spiro atoms. The van der Waals surface area contributed by atoms with E-state index >= 15 is 0 Å². The molecule has 1 atom stereocenters. The van der Waals surface area contributed by atoms with E-state index in [2.05, 4.69) is 4.99 Å². The second-order valence-electron chi connectivity index (χ2n) is 3.33. The molecule has 1 aliphatic carbocycles. The Morgan fingerprint density at radius 2 is 2.21 bits per heavy atom. The molecular weight excluding hydrogens is 176 g/mol. The zero-order valence-electron chi connectivity index (χ0n) is 7.42. The lowest BCUT2D eigenvalue weighted by Gasteiger charge is -2.30. The van der Waals surface area contributed by atoms with Gasteiger partial charge in [0.1, 0.15) is 5.84 Å². The van der Waals surface area contributed by atoms with E-state index in [1.165, 1.54) is 0 Å². The third-order valence-corrected chi connectivity index (χ3v) is 2.50. The molecule has 0 N–H and O–H groups in total. The minimum Gasteiger partial charge on any atom is -0.304 e. The number of hydrogen-bond donors (Lipinski definition) is 0. The van der Waals surface area contributed by atoms with Gasteiger partial charge < -0.3 is 4.90 Å². The quantitative estimate of drug-likeness (QED) is 0.569. The summed E-state index contributed by atoms with van der Waals surface area (Å²) < 4.78 is 0. The fourth-order valence-electron chi connectivity index (χ4n) is 1.83. The number of allylic oxidation sites excluding steroid dienone is 4. The summed E-state index contributed by atoms with van der Waals surface area (Å²) in [5, 5.41) is 0. The predicted octanol–water partition coefficient (Wildman–Crippen LogP) is 1.38. The van der Waals surface area contributed by atoms with Crippen molar-refractivity contribution in [2.75, 3.05) is 0 Å². The number of nitrogens with zero attached hydrogens (tertiary/aromatic N) is 2. The van der Waals surface area contributed by atoms with E-state index in [0.717, 1.165) is 5.70 Å². The van der Waals surface area contributed by atoms with Crippen molar-refractivity contribution in [3.63, 3.8) is 0 Å². The summed E-state index contributed by atoms with van der Waals surface area (Å²) in [6.45, 7) is 0. The molecule has 1 amide bonds. The summed E-state index contributed by atoms with van der Waals surface area (Å²) in [5.74, 6) is 0.467. The van der Waals surface area contributed by atoms with Crippen LogP contribution in [0.4, 0.5) is 0 Å². The van der Waals surface area contributed by atoms with Crippen LogP contribution in [0.5, 0.6) is 0 Å². The van der Waals surface area contributed by atoms with Crippen molar-refractivity contribution < 1.29 is 4.79 Å². The molecule has 68 valence electrons. The number of amides is 1. The van der Waals surface area contributed by atoms with Gasteiger partial charge in [0.2, 0.25) is 0 Å². The first-order valence-electron chi connectivity index (χ1n) is 4.51. The number of carbonyl (C=O) groups is 1. The first-order chi connectivity index (χ1) is 6.86. The highest BCUT2D eigenvalue weighted by Gasteiger charge is 2.32. The van der Waals surface area contributed by atoms with Crippen LogP contribution in [-0.4, -0.2) is 16.6 Å². The maximum Gasteiger partial charge on any atom is 0.260 e. The lowest BCUT2D eigenvalue weighted by atomic mass is 10.0. The molecule has 0 bridgehead atoms. The van der Waals surface area contributed by atoms with Gasteiger partial charge in [-0.3, -0.25) is 4.79 Å². The Kier molecular flexibility index (Phi) is 1.36. The lowest BCUT2D eigenvalue weighted by molar-refractivity contribution is -0.119. The lowest BCUT2D eigenvalue weighted by Crippen LogP contribution is -2.35. The van der Waals surface area contributed by atoms with Crippen LogP contribution in [0, 0.1) is 5.92 Å². The normalized spacial score (nSPS) is 27.3. The van der Waals surface area contributed by atoms with Crippen LogP contribution in [0.2, 0.25) is 0 Å². The van der Waals surface area contributed by atoms with Crippen molar-refractivity contribution in [2.45, 2.75) is 0 Å². The van der Waals surface area contributed by atoms with Crippen LogP contribution in [0.15, 0.2) is 53.3 Å². The monoisotopic (exact) mass is 184 g/mol. The molecule has 0 aromatic heterocycles. The van der Waals surface area contributed by atoms with Gasteiger partial charge in [-0.15, -0.1) is 0 Å². The first-order valence-corrected chi connectivity index (χ1v) is 4.51. The van der Waals surface area contributed by atoms with Crippen molar-refractivity contribution >= 4 is 11.7 Å². The van der Waals surface area contributed by atoms with Gasteiger partial charge in [-0.1, -0.05) is 18.2 Å². The van der Waals surface area contributed by atoms with Crippen LogP contribution in [-0.2, 0) is 4.79 Å². The summed E-state index contributed by atoms with van der Waals surface area (Å²) >= 11 is 0. The smallest absolute Gasteiger partial charge is 0.260 e. The van der Waals surface area contributed by atoms with E-state index in [9.17, 15) is 4.79 Å². The number of carbonyl (C=O) groups excluding carboxylic acids is 1. The molecule has 3 heteroatoms. The maximum absolute atomic E-state index is 11.6. The average Bonchev–Trinajstić information content (AvgIpc) is 2.67. The van der Waals surface area contributed by atoms with Gasteiger partial charge in [0.15, 0.2) is 0 Å². The second-order valence-corrected chi connectivity index (χ2v) is 3.33. The highest BCUT2D eigenvalue weighted by molar-refractivity contribution is 6.07. The Bertz CT molecular complexity index is 452. The van der Waals surface area contributed by atoms with Crippen molar-refractivity contribution in [3.05, 3.63) is 48.4 Å². The Morgan fingerprint density at radius 1 is 1.29 bits per heavy atom. The number of hydrogen-bond acceptors (Lipinski definition) is 2. The van der Waals surface area contributed by atoms with Crippen molar-refractivity contribution in [1.82, 2.24) is 4.90 Å². The molecule has 0 aromatic rings. The van der Waals surface area contributed by atoms with Gasteiger partial charge in [0, 0.05) is 11.9 Å². The van der Waals surface area contributed by atoms with Crippen LogP contribution in [0.1, 0.15) is 0 Å². The van der Waals surface area contributed by atoms with Crippen molar-refractivity contribution in [1.29, 1.82) is 0 Å². The van der Waals surface area contributed by atoms with E-state index in [1.54, 1.807) is 0 Å². The minimum atomic E-state index is -0.171. The molecule has 3 aliphatic rings. The molecule has 0 saturated heterocycles. The number of rotatable bonds is 0. The fourth-order valence-corrected chi connectivity index (χ4v) is 1.83. The molecule has 0 aromatic carbocycles. The summed E-state index contributed by atoms with van der Waals surface area (Å²) in [4.78, 5) is 17.5. The third-order valence-electron chi connectivity index (χ3n) is 2.50. The minimum absolute atomic E-state index is 0.0730. The molecule has 3 rings (SSSR count). The van der Waals surface area contributed by atoms with Crippen LogP contribution < -0.4 is 0 Å². The zero-order valence-corrected chi connectivity index (χ0v) is 7.42. The number of fused-ring (bicyclic) bond motifs is 3.